The van der Waals surface area contributed by atoms with Crippen LogP contribution in [0.2, 0.25) is 0 Å². The second-order valence-electron chi connectivity index (χ2n) is 6.01. The minimum absolute atomic E-state index is 0.305. The van der Waals surface area contributed by atoms with E-state index >= 15 is 0 Å². The number of carbonyl (C=O) groups excluding carboxylic acids is 1. The van der Waals surface area contributed by atoms with Gasteiger partial charge in [-0.15, -0.1) is 0 Å². The Hall–Kier alpha value is -3.63. The minimum atomic E-state index is -0.305. The van der Waals surface area contributed by atoms with E-state index in [-0.39, 0.29) is 5.91 Å². The third kappa shape index (κ3) is 5.00. The molecule has 0 bridgehead atoms. The first-order valence-corrected chi connectivity index (χ1v) is 10.0. The third-order valence-electron chi connectivity index (χ3n) is 4.07. The number of rotatable bonds is 7. The molecule has 2 N–H and O–H groups in total. The fourth-order valence-corrected chi connectivity index (χ4v) is 3.06. The first kappa shape index (κ1) is 20.1. The van der Waals surface area contributed by atoms with Gasteiger partial charge in [0, 0.05) is 17.8 Å². The lowest BCUT2D eigenvalue weighted by atomic mass is 10.1. The largest absolute Gasteiger partial charge is 0.365 e. The summed E-state index contributed by atoms with van der Waals surface area (Å²) in [5.41, 5.74) is 3.25. The monoisotopic (exact) mass is 401 g/mol. The number of benzene rings is 2. The van der Waals surface area contributed by atoms with E-state index in [2.05, 4.69) is 33.2 Å². The molecule has 0 atom stereocenters. The van der Waals surface area contributed by atoms with E-state index in [0.29, 0.717) is 40.0 Å². The average molecular weight is 401 g/mol. The second-order valence-corrected chi connectivity index (χ2v) is 6.78. The first-order chi connectivity index (χ1) is 14.1. The Labute approximate surface area is 173 Å². The minimum Gasteiger partial charge on any atom is -0.365 e. The molecule has 6 nitrogen and oxygen atoms in total. The van der Waals surface area contributed by atoms with Crippen LogP contribution in [0.4, 0.5) is 11.5 Å². The molecule has 29 heavy (non-hydrogen) atoms. The van der Waals surface area contributed by atoms with Gasteiger partial charge in [0.25, 0.3) is 0 Å². The Morgan fingerprint density at radius 3 is 2.69 bits per heavy atom. The van der Waals surface area contributed by atoms with E-state index in [0.717, 1.165) is 5.56 Å². The lowest BCUT2D eigenvalue weighted by molar-refractivity contribution is -0.111. The molecule has 0 spiro atoms. The van der Waals surface area contributed by atoms with Crippen molar-refractivity contribution in [3.63, 3.8) is 0 Å². The van der Waals surface area contributed by atoms with Crippen molar-refractivity contribution in [1.29, 1.82) is 5.26 Å². The lowest BCUT2D eigenvalue weighted by Crippen LogP contribution is -2.08. The molecule has 0 saturated heterocycles. The molecule has 1 heterocycles. The predicted octanol–water partition coefficient (Wildman–Crippen LogP) is 4.47. The zero-order valence-corrected chi connectivity index (χ0v) is 16.7. The SMILES string of the molecule is C=CC(=O)Nc1cccc(-c2nc(SC)nc(NCc3ccccc3)c2C#N)c1. The van der Waals surface area contributed by atoms with E-state index in [9.17, 15) is 10.1 Å². The topological polar surface area (TPSA) is 90.7 Å². The molecule has 0 unspecified atom stereocenters. The molecule has 1 aromatic heterocycles. The molecule has 0 aliphatic heterocycles. The van der Waals surface area contributed by atoms with Crippen LogP contribution in [0.1, 0.15) is 11.1 Å². The number of amides is 1. The summed E-state index contributed by atoms with van der Waals surface area (Å²) in [6.45, 7) is 3.99. The van der Waals surface area contributed by atoms with E-state index in [1.807, 2.05) is 42.7 Å². The van der Waals surface area contributed by atoms with Crippen LogP contribution in [0.15, 0.2) is 72.4 Å². The molecule has 0 fully saturated rings. The molecular formula is C22H19N5OS. The summed E-state index contributed by atoms with van der Waals surface area (Å²) in [4.78, 5) is 20.6. The van der Waals surface area contributed by atoms with Crippen molar-refractivity contribution in [3.05, 3.63) is 78.4 Å². The fraction of sp³-hybridized carbons (Fsp3) is 0.0909. The lowest BCUT2D eigenvalue weighted by Gasteiger charge is -2.13. The van der Waals surface area contributed by atoms with Crippen LogP contribution in [0.5, 0.6) is 0 Å². The number of thioether (sulfide) groups is 1. The van der Waals surface area contributed by atoms with Crippen LogP contribution in [-0.4, -0.2) is 22.1 Å². The van der Waals surface area contributed by atoms with Gasteiger partial charge in [0.15, 0.2) is 5.16 Å². The van der Waals surface area contributed by atoms with E-state index in [1.165, 1.54) is 17.8 Å². The molecule has 0 aliphatic carbocycles. The smallest absolute Gasteiger partial charge is 0.247 e. The highest BCUT2D eigenvalue weighted by Gasteiger charge is 2.16. The van der Waals surface area contributed by atoms with Crippen LogP contribution in [0.3, 0.4) is 0 Å². The number of anilines is 2. The predicted molar refractivity (Wildman–Crippen MR) is 117 cm³/mol. The normalized spacial score (nSPS) is 10.1. The van der Waals surface area contributed by atoms with Crippen molar-refractivity contribution >= 4 is 29.2 Å². The zero-order chi connectivity index (χ0) is 20.6. The van der Waals surface area contributed by atoms with Crippen LogP contribution in [0, 0.1) is 11.3 Å². The Balaban J connectivity index is 2.00. The highest BCUT2D eigenvalue weighted by atomic mass is 32.2. The van der Waals surface area contributed by atoms with Crippen molar-refractivity contribution in [2.75, 3.05) is 16.9 Å². The second kappa shape index (κ2) is 9.53. The molecule has 3 rings (SSSR count). The van der Waals surface area contributed by atoms with Crippen molar-refractivity contribution in [1.82, 2.24) is 9.97 Å². The molecule has 0 radical (unpaired) electrons. The molecule has 2 aromatic carbocycles. The van der Waals surface area contributed by atoms with E-state index in [1.54, 1.807) is 18.2 Å². The van der Waals surface area contributed by atoms with Crippen molar-refractivity contribution in [2.45, 2.75) is 11.7 Å². The highest BCUT2D eigenvalue weighted by molar-refractivity contribution is 7.98. The molecule has 0 saturated carbocycles. The summed E-state index contributed by atoms with van der Waals surface area (Å²) in [7, 11) is 0. The Bertz CT molecular complexity index is 1080. The molecule has 0 aliphatic rings. The molecule has 3 aromatic rings. The van der Waals surface area contributed by atoms with Gasteiger partial charge in [0.05, 0.1) is 5.69 Å². The quantitative estimate of drug-likeness (QED) is 0.345. The number of nitrogens with zero attached hydrogens (tertiary/aromatic N) is 3. The maximum Gasteiger partial charge on any atom is 0.247 e. The molecular weight excluding hydrogens is 382 g/mol. The summed E-state index contributed by atoms with van der Waals surface area (Å²) in [5.74, 6) is 0.173. The standard InChI is InChI=1S/C22H19N5OS/c1-3-19(28)25-17-11-7-10-16(12-17)20-18(13-23)21(27-22(26-20)29-2)24-14-15-8-5-4-6-9-15/h3-12H,1,14H2,2H3,(H,25,28)(H,24,26,27). The Morgan fingerprint density at radius 2 is 2.00 bits per heavy atom. The summed E-state index contributed by atoms with van der Waals surface area (Å²) >= 11 is 1.40. The maximum atomic E-state index is 11.6. The van der Waals surface area contributed by atoms with Gasteiger partial charge in [-0.2, -0.15) is 5.26 Å². The van der Waals surface area contributed by atoms with Crippen LogP contribution >= 0.6 is 11.8 Å². The van der Waals surface area contributed by atoms with Crippen molar-refractivity contribution in [2.24, 2.45) is 0 Å². The van der Waals surface area contributed by atoms with Gasteiger partial charge in [-0.3, -0.25) is 4.79 Å². The zero-order valence-electron chi connectivity index (χ0n) is 15.8. The van der Waals surface area contributed by atoms with Crippen molar-refractivity contribution in [3.8, 4) is 17.3 Å². The van der Waals surface area contributed by atoms with Gasteiger partial charge in [-0.25, -0.2) is 9.97 Å². The van der Waals surface area contributed by atoms with Gasteiger partial charge in [-0.1, -0.05) is 60.8 Å². The van der Waals surface area contributed by atoms with Gasteiger partial charge >= 0.3 is 0 Å². The van der Waals surface area contributed by atoms with Crippen LogP contribution in [0.25, 0.3) is 11.3 Å². The number of nitriles is 1. The van der Waals surface area contributed by atoms with Crippen LogP contribution in [-0.2, 0) is 11.3 Å². The fourth-order valence-electron chi connectivity index (χ4n) is 2.69. The van der Waals surface area contributed by atoms with E-state index < -0.39 is 0 Å². The number of nitrogens with one attached hydrogen (secondary N) is 2. The maximum absolute atomic E-state index is 11.6. The summed E-state index contributed by atoms with van der Waals surface area (Å²) < 4.78 is 0. The van der Waals surface area contributed by atoms with Gasteiger partial charge in [0.2, 0.25) is 5.91 Å². The van der Waals surface area contributed by atoms with Crippen molar-refractivity contribution < 1.29 is 4.79 Å². The number of hydrogen-bond acceptors (Lipinski definition) is 6. The third-order valence-corrected chi connectivity index (χ3v) is 4.62. The number of carbonyl (C=O) groups is 1. The summed E-state index contributed by atoms with van der Waals surface area (Å²) in [6, 6.07) is 19.3. The van der Waals surface area contributed by atoms with Crippen LogP contribution < -0.4 is 10.6 Å². The summed E-state index contributed by atoms with van der Waals surface area (Å²) in [5, 5.41) is 16.3. The number of aromatic nitrogens is 2. The van der Waals surface area contributed by atoms with E-state index in [4.69, 9.17) is 0 Å². The molecule has 1 amide bonds. The first-order valence-electron chi connectivity index (χ1n) is 8.82. The Kier molecular flexibility index (Phi) is 6.61. The van der Waals surface area contributed by atoms with Gasteiger partial charge in [0.1, 0.15) is 17.5 Å². The van der Waals surface area contributed by atoms with Gasteiger partial charge in [-0.05, 0) is 30.0 Å². The average Bonchev–Trinajstić information content (AvgIpc) is 2.77. The highest BCUT2D eigenvalue weighted by Crippen LogP contribution is 2.30. The molecule has 144 valence electrons. The molecule has 7 heteroatoms. The van der Waals surface area contributed by atoms with Gasteiger partial charge < -0.3 is 10.6 Å². The number of hydrogen-bond donors (Lipinski definition) is 2. The summed E-state index contributed by atoms with van der Waals surface area (Å²) in [6.07, 6.45) is 3.09. The Morgan fingerprint density at radius 1 is 1.21 bits per heavy atom.